The van der Waals surface area contributed by atoms with E-state index in [1.807, 2.05) is 6.92 Å². The van der Waals surface area contributed by atoms with Crippen LogP contribution >= 0.6 is 11.3 Å². The normalized spacial score (nSPS) is 13.0. The molecular weight excluding hydrogens is 303 g/mol. The number of halogens is 3. The fourth-order valence-corrected chi connectivity index (χ4v) is 2.50. The number of alkyl halides is 3. The summed E-state index contributed by atoms with van der Waals surface area (Å²) in [5, 5.41) is 3.14. The molecule has 0 saturated carbocycles. The van der Waals surface area contributed by atoms with Crippen molar-refractivity contribution in [2.45, 2.75) is 26.1 Å². The summed E-state index contributed by atoms with van der Waals surface area (Å²) in [7, 11) is 0. The Hall–Kier alpha value is -1.96. The number of pyridine rings is 1. The number of carbonyl (C=O) groups excluding carboxylic acids is 1. The second-order valence-electron chi connectivity index (χ2n) is 4.40. The summed E-state index contributed by atoms with van der Waals surface area (Å²) in [4.78, 5) is 20.3. The first kappa shape index (κ1) is 15.4. The summed E-state index contributed by atoms with van der Waals surface area (Å²) in [6, 6.07) is 1.92. The van der Waals surface area contributed by atoms with E-state index in [4.69, 9.17) is 0 Å². The molecule has 0 spiro atoms. The first-order valence-corrected chi connectivity index (χ1v) is 6.86. The Kier molecular flexibility index (Phi) is 4.26. The third-order valence-corrected chi connectivity index (χ3v) is 3.77. The highest BCUT2D eigenvalue weighted by Crippen LogP contribution is 2.30. The summed E-state index contributed by atoms with van der Waals surface area (Å²) in [5.41, 5.74) is -1.69. The van der Waals surface area contributed by atoms with Gasteiger partial charge in [-0.1, -0.05) is 0 Å². The van der Waals surface area contributed by atoms with Gasteiger partial charge >= 0.3 is 6.18 Å². The number of carbonyl (C=O) groups is 1. The van der Waals surface area contributed by atoms with Crippen LogP contribution in [0.15, 0.2) is 24.5 Å². The minimum Gasteiger partial charge on any atom is -0.343 e. The van der Waals surface area contributed by atoms with E-state index in [1.54, 1.807) is 13.1 Å². The molecule has 1 amide bonds. The zero-order chi connectivity index (χ0) is 15.6. The maximum atomic E-state index is 12.8. The van der Waals surface area contributed by atoms with Crippen molar-refractivity contribution in [3.8, 4) is 0 Å². The van der Waals surface area contributed by atoms with Gasteiger partial charge in [-0.15, -0.1) is 11.3 Å². The first-order chi connectivity index (χ1) is 9.79. The lowest BCUT2D eigenvalue weighted by Gasteiger charge is -2.14. The SMILES string of the molecule is Cc1cnc(C(C)NC(=O)c2cccnc2C(F)(F)F)s1. The van der Waals surface area contributed by atoms with Gasteiger partial charge in [-0.3, -0.25) is 9.78 Å². The molecule has 0 saturated heterocycles. The van der Waals surface area contributed by atoms with E-state index in [9.17, 15) is 18.0 Å². The standard InChI is InChI=1S/C13H12F3N3OS/c1-7-6-18-12(21-7)8(2)19-11(20)9-4-3-5-17-10(9)13(14,15)16/h3-6,8H,1-2H3,(H,19,20). The van der Waals surface area contributed by atoms with Gasteiger partial charge in [0.05, 0.1) is 11.6 Å². The predicted octanol–water partition coefficient (Wildman–Crippen LogP) is 3.36. The van der Waals surface area contributed by atoms with Crippen LogP contribution in [0.25, 0.3) is 0 Å². The zero-order valence-electron chi connectivity index (χ0n) is 11.2. The number of nitrogens with zero attached hydrogens (tertiary/aromatic N) is 2. The van der Waals surface area contributed by atoms with Crippen LogP contribution in [0.3, 0.4) is 0 Å². The van der Waals surface area contributed by atoms with Crippen LogP contribution in [0.4, 0.5) is 13.2 Å². The Balaban J connectivity index is 2.21. The maximum absolute atomic E-state index is 12.8. The predicted molar refractivity (Wildman–Crippen MR) is 72.0 cm³/mol. The molecule has 2 aromatic heterocycles. The molecular formula is C13H12F3N3OS. The summed E-state index contributed by atoms with van der Waals surface area (Å²) in [6.45, 7) is 3.53. The number of nitrogens with one attached hydrogen (secondary N) is 1. The van der Waals surface area contributed by atoms with Crippen LogP contribution < -0.4 is 5.32 Å². The maximum Gasteiger partial charge on any atom is 0.434 e. The molecule has 1 atom stereocenters. The van der Waals surface area contributed by atoms with E-state index in [2.05, 4.69) is 15.3 Å². The van der Waals surface area contributed by atoms with E-state index >= 15 is 0 Å². The molecule has 2 aromatic rings. The Morgan fingerprint density at radius 2 is 2.10 bits per heavy atom. The Labute approximate surface area is 123 Å². The summed E-state index contributed by atoms with van der Waals surface area (Å²) < 4.78 is 38.5. The van der Waals surface area contributed by atoms with Gasteiger partial charge in [-0.25, -0.2) is 4.98 Å². The zero-order valence-corrected chi connectivity index (χ0v) is 12.0. The fourth-order valence-electron chi connectivity index (χ4n) is 1.72. The average molecular weight is 315 g/mol. The third-order valence-electron chi connectivity index (χ3n) is 2.68. The minimum atomic E-state index is -4.67. The smallest absolute Gasteiger partial charge is 0.343 e. The molecule has 8 heteroatoms. The molecule has 0 aromatic carbocycles. The molecule has 1 unspecified atom stereocenters. The lowest BCUT2D eigenvalue weighted by Crippen LogP contribution is -2.29. The van der Waals surface area contributed by atoms with Crippen molar-refractivity contribution in [3.63, 3.8) is 0 Å². The number of thiazole rings is 1. The van der Waals surface area contributed by atoms with Crippen LogP contribution in [0.2, 0.25) is 0 Å². The topological polar surface area (TPSA) is 54.9 Å². The van der Waals surface area contributed by atoms with Gasteiger partial charge in [-0.05, 0) is 26.0 Å². The van der Waals surface area contributed by atoms with Crippen LogP contribution in [0.5, 0.6) is 0 Å². The molecule has 0 aliphatic carbocycles. The van der Waals surface area contributed by atoms with Crippen molar-refractivity contribution in [1.29, 1.82) is 0 Å². The van der Waals surface area contributed by atoms with Crippen LogP contribution in [-0.4, -0.2) is 15.9 Å². The van der Waals surface area contributed by atoms with Gasteiger partial charge in [0.2, 0.25) is 0 Å². The van der Waals surface area contributed by atoms with Crippen molar-refractivity contribution >= 4 is 17.2 Å². The van der Waals surface area contributed by atoms with Gasteiger partial charge in [0.1, 0.15) is 5.01 Å². The lowest BCUT2D eigenvalue weighted by molar-refractivity contribution is -0.141. The second-order valence-corrected chi connectivity index (χ2v) is 5.67. The fraction of sp³-hybridized carbons (Fsp3) is 0.308. The number of rotatable bonds is 3. The average Bonchev–Trinajstić information content (AvgIpc) is 2.84. The third kappa shape index (κ3) is 3.57. The van der Waals surface area contributed by atoms with Crippen LogP contribution in [0.1, 0.15) is 38.9 Å². The van der Waals surface area contributed by atoms with Gasteiger partial charge in [0, 0.05) is 17.3 Å². The molecule has 21 heavy (non-hydrogen) atoms. The van der Waals surface area contributed by atoms with Gasteiger partial charge < -0.3 is 5.32 Å². The largest absolute Gasteiger partial charge is 0.434 e. The summed E-state index contributed by atoms with van der Waals surface area (Å²) >= 11 is 1.38. The first-order valence-electron chi connectivity index (χ1n) is 6.04. The quantitative estimate of drug-likeness (QED) is 0.945. The van der Waals surface area contributed by atoms with Gasteiger partial charge in [-0.2, -0.15) is 13.2 Å². The summed E-state index contributed by atoms with van der Waals surface area (Å²) in [6.07, 6.45) is -2.02. The molecule has 1 N–H and O–H groups in total. The molecule has 0 fully saturated rings. The molecule has 2 heterocycles. The van der Waals surface area contributed by atoms with Crippen molar-refractivity contribution < 1.29 is 18.0 Å². The number of aryl methyl sites for hydroxylation is 1. The Morgan fingerprint density at radius 1 is 1.38 bits per heavy atom. The molecule has 0 radical (unpaired) electrons. The monoisotopic (exact) mass is 315 g/mol. The highest BCUT2D eigenvalue weighted by Gasteiger charge is 2.37. The Morgan fingerprint density at radius 3 is 2.67 bits per heavy atom. The van der Waals surface area contributed by atoms with E-state index in [1.165, 1.54) is 17.4 Å². The van der Waals surface area contributed by atoms with Crippen LogP contribution in [-0.2, 0) is 6.18 Å². The Bertz CT molecular complexity index is 654. The van der Waals surface area contributed by atoms with E-state index in [0.717, 1.165) is 17.1 Å². The number of hydrogen-bond donors (Lipinski definition) is 1. The van der Waals surface area contributed by atoms with Crippen LogP contribution in [0, 0.1) is 6.92 Å². The lowest BCUT2D eigenvalue weighted by atomic mass is 10.1. The van der Waals surface area contributed by atoms with E-state index < -0.39 is 29.4 Å². The highest BCUT2D eigenvalue weighted by molar-refractivity contribution is 7.11. The molecule has 2 rings (SSSR count). The van der Waals surface area contributed by atoms with Gasteiger partial charge in [0.25, 0.3) is 5.91 Å². The second kappa shape index (κ2) is 5.80. The number of hydrogen-bond acceptors (Lipinski definition) is 4. The molecule has 0 aliphatic heterocycles. The van der Waals surface area contributed by atoms with Crippen molar-refractivity contribution in [2.24, 2.45) is 0 Å². The number of amides is 1. The molecule has 4 nitrogen and oxygen atoms in total. The van der Waals surface area contributed by atoms with E-state index in [-0.39, 0.29) is 0 Å². The van der Waals surface area contributed by atoms with Gasteiger partial charge in [0.15, 0.2) is 5.69 Å². The number of aromatic nitrogens is 2. The molecule has 112 valence electrons. The summed E-state index contributed by atoms with van der Waals surface area (Å²) in [5.74, 6) is -0.823. The minimum absolute atomic E-state index is 0.475. The van der Waals surface area contributed by atoms with E-state index in [0.29, 0.717) is 5.01 Å². The van der Waals surface area contributed by atoms with Crippen molar-refractivity contribution in [2.75, 3.05) is 0 Å². The molecule has 0 aliphatic rings. The van der Waals surface area contributed by atoms with Crippen molar-refractivity contribution in [1.82, 2.24) is 15.3 Å². The molecule has 0 bridgehead atoms. The van der Waals surface area contributed by atoms with Crippen molar-refractivity contribution in [3.05, 3.63) is 45.7 Å². The highest BCUT2D eigenvalue weighted by atomic mass is 32.1.